The average molecular weight is 877 g/mol. The summed E-state index contributed by atoms with van der Waals surface area (Å²) < 4.78 is 16.8. The fourth-order valence-electron chi connectivity index (χ4n) is 8.47. The highest BCUT2D eigenvalue weighted by molar-refractivity contribution is 5.71. The molecule has 0 saturated heterocycles. The predicted molar refractivity (Wildman–Crippen MR) is 266 cm³/mol. The second-order valence-electron chi connectivity index (χ2n) is 20.6. The van der Waals surface area contributed by atoms with Gasteiger partial charge in [0.2, 0.25) is 0 Å². The summed E-state index contributed by atoms with van der Waals surface area (Å²) in [4.78, 5) is 38.0. The molecule has 0 heterocycles. The van der Waals surface area contributed by atoms with Crippen molar-refractivity contribution in [1.29, 1.82) is 0 Å². The molecular formula is C56H108O6. The van der Waals surface area contributed by atoms with Crippen LogP contribution in [0.15, 0.2) is 0 Å². The third kappa shape index (κ3) is 49.4. The van der Waals surface area contributed by atoms with Crippen molar-refractivity contribution in [3.8, 4) is 0 Å². The number of hydrogen-bond donors (Lipinski definition) is 0. The SMILES string of the molecule is CC(C)CCCCCCCCCCCCCCCCC(=O)O[C@H](COC(=O)CCCCCCCCCCCCCCCC(C)C)COC(=O)CCCCCCCCCCC(C)C. The number of carbonyl (C=O) groups excluding carboxylic acids is 3. The summed E-state index contributed by atoms with van der Waals surface area (Å²) in [5.41, 5.74) is 0. The van der Waals surface area contributed by atoms with Crippen molar-refractivity contribution in [3.63, 3.8) is 0 Å². The van der Waals surface area contributed by atoms with Gasteiger partial charge in [0, 0.05) is 19.3 Å². The number of hydrogen-bond acceptors (Lipinski definition) is 6. The van der Waals surface area contributed by atoms with Gasteiger partial charge < -0.3 is 14.2 Å². The molecular weight excluding hydrogens is 769 g/mol. The Bertz CT molecular complexity index is 960. The molecule has 0 N–H and O–H groups in total. The van der Waals surface area contributed by atoms with E-state index >= 15 is 0 Å². The van der Waals surface area contributed by atoms with E-state index in [1.165, 1.54) is 186 Å². The molecule has 0 aromatic rings. The highest BCUT2D eigenvalue weighted by atomic mass is 16.6. The van der Waals surface area contributed by atoms with E-state index in [0.717, 1.165) is 75.5 Å². The molecule has 0 fully saturated rings. The Balaban J connectivity index is 4.29. The number of unbranched alkanes of at least 4 members (excludes halogenated alkanes) is 32. The molecule has 0 rings (SSSR count). The van der Waals surface area contributed by atoms with Crippen LogP contribution in [0.25, 0.3) is 0 Å². The van der Waals surface area contributed by atoms with Gasteiger partial charge in [0.15, 0.2) is 6.10 Å². The van der Waals surface area contributed by atoms with Gasteiger partial charge in [0.1, 0.15) is 13.2 Å². The molecule has 62 heavy (non-hydrogen) atoms. The molecule has 0 aliphatic heterocycles. The monoisotopic (exact) mass is 877 g/mol. The molecule has 0 aliphatic carbocycles. The summed E-state index contributed by atoms with van der Waals surface area (Å²) in [6.45, 7) is 13.7. The van der Waals surface area contributed by atoms with Crippen LogP contribution in [0, 0.1) is 17.8 Å². The van der Waals surface area contributed by atoms with Crippen LogP contribution in [0.5, 0.6) is 0 Å². The fraction of sp³-hybridized carbons (Fsp3) is 0.946. The molecule has 6 heteroatoms. The summed E-state index contributed by atoms with van der Waals surface area (Å²) >= 11 is 0. The Morgan fingerprint density at radius 3 is 0.694 bits per heavy atom. The van der Waals surface area contributed by atoms with Gasteiger partial charge in [-0.25, -0.2) is 0 Å². The van der Waals surface area contributed by atoms with Crippen LogP contribution in [0.1, 0.15) is 305 Å². The van der Waals surface area contributed by atoms with E-state index in [4.69, 9.17) is 14.2 Å². The first-order valence-corrected chi connectivity index (χ1v) is 27.6. The van der Waals surface area contributed by atoms with Gasteiger partial charge in [0.05, 0.1) is 0 Å². The van der Waals surface area contributed by atoms with Gasteiger partial charge >= 0.3 is 17.9 Å². The molecule has 0 saturated carbocycles. The third-order valence-corrected chi connectivity index (χ3v) is 12.6. The zero-order chi connectivity index (χ0) is 45.6. The van der Waals surface area contributed by atoms with E-state index in [1.807, 2.05) is 0 Å². The van der Waals surface area contributed by atoms with E-state index < -0.39 is 6.10 Å². The Hall–Kier alpha value is -1.59. The quantitative estimate of drug-likeness (QED) is 0.0344. The summed E-state index contributed by atoms with van der Waals surface area (Å²) in [5, 5.41) is 0. The Kier molecular flexibility index (Phi) is 46.2. The minimum Gasteiger partial charge on any atom is -0.462 e. The molecule has 0 aromatic carbocycles. The zero-order valence-electron chi connectivity index (χ0n) is 42.7. The third-order valence-electron chi connectivity index (χ3n) is 12.6. The van der Waals surface area contributed by atoms with Crippen molar-refractivity contribution >= 4 is 17.9 Å². The van der Waals surface area contributed by atoms with Crippen LogP contribution in [-0.4, -0.2) is 37.2 Å². The molecule has 0 spiro atoms. The van der Waals surface area contributed by atoms with Gasteiger partial charge in [0.25, 0.3) is 0 Å². The lowest BCUT2D eigenvalue weighted by Gasteiger charge is -2.18. The Morgan fingerprint density at radius 1 is 0.274 bits per heavy atom. The molecule has 0 aromatic heterocycles. The predicted octanol–water partition coefficient (Wildman–Crippen LogP) is 17.9. The lowest BCUT2D eigenvalue weighted by Crippen LogP contribution is -2.30. The van der Waals surface area contributed by atoms with E-state index in [-0.39, 0.29) is 31.1 Å². The summed E-state index contributed by atoms with van der Waals surface area (Å²) in [6.07, 6.45) is 48.1. The van der Waals surface area contributed by atoms with Gasteiger partial charge in [-0.05, 0) is 37.0 Å². The second kappa shape index (κ2) is 47.4. The van der Waals surface area contributed by atoms with E-state index in [9.17, 15) is 14.4 Å². The highest BCUT2D eigenvalue weighted by Crippen LogP contribution is 2.18. The standard InChI is InChI=1S/C56H108O6/c1-50(2)42-36-30-24-18-14-10-7-8-12-17-21-29-35-41-47-56(59)62-53(49-61-55(58)46-40-34-28-23-22-26-32-38-44-52(5)6)48-60-54(57)45-39-33-27-20-16-13-9-11-15-19-25-31-37-43-51(3)4/h50-53H,7-49H2,1-6H3/t53-/m1/s1. The van der Waals surface area contributed by atoms with Gasteiger partial charge in [-0.1, -0.05) is 266 Å². The van der Waals surface area contributed by atoms with Crippen molar-refractivity contribution in [2.45, 2.75) is 311 Å². The van der Waals surface area contributed by atoms with Gasteiger partial charge in [-0.15, -0.1) is 0 Å². The van der Waals surface area contributed by atoms with Crippen LogP contribution in [-0.2, 0) is 28.6 Å². The first-order chi connectivity index (χ1) is 30.1. The van der Waals surface area contributed by atoms with Crippen molar-refractivity contribution in [1.82, 2.24) is 0 Å². The van der Waals surface area contributed by atoms with Gasteiger partial charge in [-0.3, -0.25) is 14.4 Å². The number of ether oxygens (including phenoxy) is 3. The normalized spacial score (nSPS) is 12.1. The lowest BCUT2D eigenvalue weighted by atomic mass is 10.0. The molecule has 0 aliphatic rings. The molecule has 6 nitrogen and oxygen atoms in total. The summed E-state index contributed by atoms with van der Waals surface area (Å²) in [6, 6.07) is 0. The first kappa shape index (κ1) is 60.4. The summed E-state index contributed by atoms with van der Waals surface area (Å²) in [5.74, 6) is 1.63. The number of rotatable bonds is 49. The van der Waals surface area contributed by atoms with Crippen molar-refractivity contribution in [2.24, 2.45) is 17.8 Å². The second-order valence-corrected chi connectivity index (χ2v) is 20.6. The van der Waals surface area contributed by atoms with E-state index in [0.29, 0.717) is 19.3 Å². The minimum absolute atomic E-state index is 0.0642. The maximum absolute atomic E-state index is 12.8. The number of carbonyl (C=O) groups is 3. The molecule has 0 unspecified atom stereocenters. The van der Waals surface area contributed by atoms with Crippen molar-refractivity contribution in [2.75, 3.05) is 13.2 Å². The lowest BCUT2D eigenvalue weighted by molar-refractivity contribution is -0.167. The molecule has 0 radical (unpaired) electrons. The topological polar surface area (TPSA) is 78.9 Å². The largest absolute Gasteiger partial charge is 0.462 e. The maximum atomic E-state index is 12.8. The van der Waals surface area contributed by atoms with Gasteiger partial charge in [-0.2, -0.15) is 0 Å². The van der Waals surface area contributed by atoms with Crippen LogP contribution >= 0.6 is 0 Å². The van der Waals surface area contributed by atoms with Crippen molar-refractivity contribution in [3.05, 3.63) is 0 Å². The smallest absolute Gasteiger partial charge is 0.306 e. The molecule has 368 valence electrons. The fourth-order valence-corrected chi connectivity index (χ4v) is 8.47. The van der Waals surface area contributed by atoms with Crippen molar-refractivity contribution < 1.29 is 28.6 Å². The summed E-state index contributed by atoms with van der Waals surface area (Å²) in [7, 11) is 0. The van der Waals surface area contributed by atoms with Crippen LogP contribution in [0.3, 0.4) is 0 Å². The zero-order valence-corrected chi connectivity index (χ0v) is 42.7. The van der Waals surface area contributed by atoms with E-state index in [1.54, 1.807) is 0 Å². The average Bonchev–Trinajstić information content (AvgIpc) is 3.23. The Morgan fingerprint density at radius 2 is 0.468 bits per heavy atom. The minimum atomic E-state index is -0.763. The van der Waals surface area contributed by atoms with Crippen LogP contribution in [0.2, 0.25) is 0 Å². The molecule has 0 bridgehead atoms. The van der Waals surface area contributed by atoms with Crippen LogP contribution < -0.4 is 0 Å². The highest BCUT2D eigenvalue weighted by Gasteiger charge is 2.19. The van der Waals surface area contributed by atoms with E-state index in [2.05, 4.69) is 41.5 Å². The first-order valence-electron chi connectivity index (χ1n) is 27.6. The van der Waals surface area contributed by atoms with Crippen LogP contribution in [0.4, 0.5) is 0 Å². The maximum Gasteiger partial charge on any atom is 0.306 e. The molecule has 0 amide bonds. The number of esters is 3. The molecule has 1 atom stereocenters. The Labute approximate surface area is 387 Å².